The van der Waals surface area contributed by atoms with Crippen LogP contribution in [-0.4, -0.2) is 28.4 Å². The van der Waals surface area contributed by atoms with E-state index in [4.69, 9.17) is 4.74 Å². The predicted octanol–water partition coefficient (Wildman–Crippen LogP) is 1.78. The average Bonchev–Trinajstić information content (AvgIpc) is 3.10. The first kappa shape index (κ1) is 21.3. The first-order chi connectivity index (χ1) is 15.2. The van der Waals surface area contributed by atoms with Gasteiger partial charge in [0.15, 0.2) is 18.0 Å². The summed E-state index contributed by atoms with van der Waals surface area (Å²) in [5, 5.41) is 18.8. The van der Waals surface area contributed by atoms with Crippen LogP contribution < -0.4 is 15.6 Å². The van der Waals surface area contributed by atoms with E-state index in [1.54, 1.807) is 24.3 Å². The highest BCUT2D eigenvalue weighted by Gasteiger charge is 2.73. The van der Waals surface area contributed by atoms with Gasteiger partial charge in [-0.1, -0.05) is 39.0 Å². The Morgan fingerprint density at radius 2 is 1.62 bits per heavy atom. The van der Waals surface area contributed by atoms with Gasteiger partial charge in [-0.05, 0) is 30.4 Å². The molecule has 0 spiro atoms. The van der Waals surface area contributed by atoms with Gasteiger partial charge in [-0.25, -0.2) is 9.97 Å². The van der Waals surface area contributed by atoms with Crippen molar-refractivity contribution in [2.24, 2.45) is 5.41 Å². The lowest BCUT2D eigenvalue weighted by Crippen LogP contribution is -2.56. The fraction of sp³-hybridized carbons (Fsp3) is 0.391. The number of para-hydroxylation sites is 1. The molecule has 2 aliphatic rings. The highest BCUT2D eigenvalue weighted by Crippen LogP contribution is 2.70. The number of nitrogens with zero attached hydrogens (tertiary/aromatic N) is 4. The van der Waals surface area contributed by atoms with Crippen LogP contribution in [0.4, 0.5) is 0 Å². The van der Waals surface area contributed by atoms with Crippen molar-refractivity contribution in [1.29, 1.82) is 10.5 Å². The summed E-state index contributed by atoms with van der Waals surface area (Å²) in [6.45, 7) is 5.66. The van der Waals surface area contributed by atoms with Gasteiger partial charge in [0.05, 0.1) is 11.4 Å². The van der Waals surface area contributed by atoms with E-state index in [1.807, 2.05) is 39.0 Å². The number of hydrogen-bond donors (Lipinski definition) is 2. The third-order valence-corrected chi connectivity index (χ3v) is 7.30. The Kier molecular flexibility index (Phi) is 4.86. The SMILES string of the molecule is CC12CCC(C(=O)NNC(=O)COc3ccccc3)(c3nc(C#N)c(C#N)nc31)C2(C)C. The van der Waals surface area contributed by atoms with Crippen molar-refractivity contribution >= 4 is 11.8 Å². The molecule has 162 valence electrons. The van der Waals surface area contributed by atoms with E-state index in [0.29, 0.717) is 30.0 Å². The number of amides is 2. The van der Waals surface area contributed by atoms with Crippen LogP contribution in [0.1, 0.15) is 56.4 Å². The fourth-order valence-electron chi connectivity index (χ4n) is 5.08. The molecular weight excluding hydrogens is 408 g/mol. The van der Waals surface area contributed by atoms with Crippen LogP contribution in [0.2, 0.25) is 0 Å². The monoisotopic (exact) mass is 430 g/mol. The Bertz CT molecular complexity index is 1200. The van der Waals surface area contributed by atoms with Crippen LogP contribution >= 0.6 is 0 Å². The number of carbonyl (C=O) groups excluding carboxylic acids is 2. The van der Waals surface area contributed by atoms with Gasteiger partial charge in [0.2, 0.25) is 0 Å². The van der Waals surface area contributed by atoms with Crippen molar-refractivity contribution < 1.29 is 14.3 Å². The lowest BCUT2D eigenvalue weighted by Gasteiger charge is -2.39. The number of carbonyl (C=O) groups is 2. The van der Waals surface area contributed by atoms with Gasteiger partial charge >= 0.3 is 0 Å². The second-order valence-electron chi connectivity index (χ2n) is 8.81. The molecule has 2 N–H and O–H groups in total. The highest BCUT2D eigenvalue weighted by atomic mass is 16.5. The molecule has 2 amide bonds. The lowest BCUT2D eigenvalue weighted by atomic mass is 9.63. The molecule has 1 heterocycles. The topological polar surface area (TPSA) is 141 Å². The highest BCUT2D eigenvalue weighted by molar-refractivity contribution is 5.93. The molecule has 2 atom stereocenters. The summed E-state index contributed by atoms with van der Waals surface area (Å²) < 4.78 is 5.40. The average molecular weight is 430 g/mol. The zero-order chi connectivity index (χ0) is 23.1. The molecule has 0 radical (unpaired) electrons. The second kappa shape index (κ2) is 7.31. The van der Waals surface area contributed by atoms with E-state index < -0.39 is 28.1 Å². The minimum atomic E-state index is -1.10. The number of rotatable bonds is 4. The summed E-state index contributed by atoms with van der Waals surface area (Å²) in [4.78, 5) is 34.6. The normalized spacial score (nSPS) is 24.0. The standard InChI is InChI=1S/C23H22N6O3/c1-21(2)22(3)9-10-23(21,19-18(22)26-15(11-24)16(12-25)27-19)20(31)29-28-17(30)13-32-14-7-5-4-6-8-14/h4-8H,9-10,13H2,1-3H3,(H,28,30)(H,29,31). The van der Waals surface area contributed by atoms with E-state index in [0.717, 1.165) is 0 Å². The largest absolute Gasteiger partial charge is 0.484 e. The Morgan fingerprint density at radius 1 is 1.00 bits per heavy atom. The number of hydrazine groups is 1. The van der Waals surface area contributed by atoms with Crippen molar-refractivity contribution in [3.05, 3.63) is 53.1 Å². The first-order valence-electron chi connectivity index (χ1n) is 10.2. The number of nitriles is 2. The van der Waals surface area contributed by atoms with E-state index in [1.165, 1.54) is 0 Å². The van der Waals surface area contributed by atoms with Crippen molar-refractivity contribution in [2.75, 3.05) is 6.61 Å². The minimum absolute atomic E-state index is 0.0438. The van der Waals surface area contributed by atoms with Crippen LogP contribution in [0.25, 0.3) is 0 Å². The second-order valence-corrected chi connectivity index (χ2v) is 8.81. The first-order valence-corrected chi connectivity index (χ1v) is 10.2. The Balaban J connectivity index is 1.59. The Labute approximate surface area is 185 Å². The van der Waals surface area contributed by atoms with E-state index >= 15 is 0 Å². The molecule has 2 aliphatic carbocycles. The molecule has 0 saturated heterocycles. The minimum Gasteiger partial charge on any atom is -0.484 e. The number of ether oxygens (including phenoxy) is 1. The fourth-order valence-corrected chi connectivity index (χ4v) is 5.08. The third kappa shape index (κ3) is 2.75. The van der Waals surface area contributed by atoms with Crippen LogP contribution in [0.3, 0.4) is 0 Å². The van der Waals surface area contributed by atoms with Crippen molar-refractivity contribution in [2.45, 2.75) is 44.4 Å². The van der Waals surface area contributed by atoms with Gasteiger partial charge in [0, 0.05) is 5.41 Å². The van der Waals surface area contributed by atoms with Gasteiger partial charge in [0.25, 0.3) is 11.8 Å². The quantitative estimate of drug-likeness (QED) is 0.704. The number of fused-ring (bicyclic) bond motifs is 5. The van der Waals surface area contributed by atoms with Crippen molar-refractivity contribution in [1.82, 2.24) is 20.8 Å². The maximum absolute atomic E-state index is 13.5. The van der Waals surface area contributed by atoms with E-state index in [2.05, 4.69) is 20.8 Å². The summed E-state index contributed by atoms with van der Waals surface area (Å²) in [7, 11) is 0. The van der Waals surface area contributed by atoms with Crippen LogP contribution in [-0.2, 0) is 20.4 Å². The summed E-state index contributed by atoms with van der Waals surface area (Å²) in [6.07, 6.45) is 1.15. The van der Waals surface area contributed by atoms with Gasteiger partial charge in [-0.15, -0.1) is 0 Å². The molecule has 2 aromatic rings. The van der Waals surface area contributed by atoms with Crippen LogP contribution in [0.15, 0.2) is 30.3 Å². The number of benzene rings is 1. The van der Waals surface area contributed by atoms with Crippen molar-refractivity contribution in [3.63, 3.8) is 0 Å². The molecule has 4 rings (SSSR count). The Hall–Kier alpha value is -3.98. The molecule has 9 nitrogen and oxygen atoms in total. The Morgan fingerprint density at radius 3 is 2.25 bits per heavy atom. The maximum atomic E-state index is 13.5. The number of aromatic nitrogens is 2. The molecule has 2 unspecified atom stereocenters. The smallest absolute Gasteiger partial charge is 0.276 e. The molecule has 1 aromatic heterocycles. The number of hydrogen-bond acceptors (Lipinski definition) is 7. The van der Waals surface area contributed by atoms with Crippen molar-refractivity contribution in [3.8, 4) is 17.9 Å². The van der Waals surface area contributed by atoms with Crippen LogP contribution in [0.5, 0.6) is 5.75 Å². The summed E-state index contributed by atoms with van der Waals surface area (Å²) >= 11 is 0. The zero-order valence-corrected chi connectivity index (χ0v) is 18.0. The van der Waals surface area contributed by atoms with Gasteiger partial charge in [-0.3, -0.25) is 20.4 Å². The molecule has 1 saturated carbocycles. The molecule has 1 fully saturated rings. The lowest BCUT2D eigenvalue weighted by molar-refractivity contribution is -0.135. The van der Waals surface area contributed by atoms with E-state index in [-0.39, 0.29) is 18.0 Å². The van der Waals surface area contributed by atoms with E-state index in [9.17, 15) is 20.1 Å². The molecule has 2 bridgehead atoms. The predicted molar refractivity (Wildman–Crippen MR) is 112 cm³/mol. The van der Waals surface area contributed by atoms with Gasteiger partial charge < -0.3 is 4.74 Å². The summed E-state index contributed by atoms with van der Waals surface area (Å²) in [5.41, 5.74) is 3.54. The molecular formula is C23H22N6O3. The maximum Gasteiger partial charge on any atom is 0.276 e. The van der Waals surface area contributed by atoms with Gasteiger partial charge in [-0.2, -0.15) is 10.5 Å². The van der Waals surface area contributed by atoms with Crippen LogP contribution in [0, 0.1) is 28.1 Å². The summed E-state index contributed by atoms with van der Waals surface area (Å²) in [5.74, 6) is -0.405. The molecule has 32 heavy (non-hydrogen) atoms. The number of nitrogens with one attached hydrogen (secondary N) is 2. The van der Waals surface area contributed by atoms with Gasteiger partial charge in [0.1, 0.15) is 23.3 Å². The third-order valence-electron chi connectivity index (χ3n) is 7.30. The molecule has 0 aliphatic heterocycles. The summed E-state index contributed by atoms with van der Waals surface area (Å²) in [6, 6.07) is 12.7. The molecule has 9 heteroatoms. The zero-order valence-electron chi connectivity index (χ0n) is 18.0. The molecule has 1 aromatic carbocycles.